The topological polar surface area (TPSA) is 83.2 Å². The van der Waals surface area contributed by atoms with Crippen molar-refractivity contribution in [3.63, 3.8) is 0 Å². The van der Waals surface area contributed by atoms with Gasteiger partial charge >= 0.3 is 5.97 Å². The first-order valence-corrected chi connectivity index (χ1v) is 10.6. The highest BCUT2D eigenvalue weighted by atomic mass is 16.6. The van der Waals surface area contributed by atoms with Crippen LogP contribution in [0.2, 0.25) is 0 Å². The lowest BCUT2D eigenvalue weighted by Gasteiger charge is -2.08. The molecule has 0 bridgehead atoms. The van der Waals surface area contributed by atoms with Crippen LogP contribution in [0.4, 0.5) is 0 Å². The highest BCUT2D eigenvalue weighted by Gasteiger charge is 2.12. The number of nitrogens with zero attached hydrogens (tertiary/aromatic N) is 2. The van der Waals surface area contributed by atoms with Gasteiger partial charge in [-0.05, 0) is 69.2 Å². The lowest BCUT2D eigenvalue weighted by atomic mass is 10.1. The summed E-state index contributed by atoms with van der Waals surface area (Å²) in [5.74, 6) is 1.46. The minimum Gasteiger partial charge on any atom is -0.482 e. The fourth-order valence-electron chi connectivity index (χ4n) is 2.96. The highest BCUT2D eigenvalue weighted by Crippen LogP contribution is 2.23. The predicted octanol–water partition coefficient (Wildman–Crippen LogP) is 5.23. The molecule has 0 fully saturated rings. The minimum absolute atomic E-state index is 0.118. The van der Waals surface area contributed by atoms with E-state index in [1.807, 2.05) is 57.2 Å². The third-order valence-corrected chi connectivity index (χ3v) is 4.75. The number of oxazole rings is 1. The van der Waals surface area contributed by atoms with Crippen LogP contribution < -0.4 is 4.74 Å². The maximum Gasteiger partial charge on any atom is 0.344 e. The van der Waals surface area contributed by atoms with Gasteiger partial charge in [0, 0.05) is 5.56 Å². The average molecular weight is 437 g/mol. The monoisotopic (exact) mass is 436 g/mol. The van der Waals surface area contributed by atoms with Gasteiger partial charge in [0.2, 0.25) is 5.89 Å². The number of benzene rings is 2. The first kappa shape index (κ1) is 23.1. The molecule has 3 rings (SSSR count). The summed E-state index contributed by atoms with van der Waals surface area (Å²) in [6, 6.07) is 15.3. The Kier molecular flexibility index (Phi) is 8.02. The van der Waals surface area contributed by atoms with Crippen LogP contribution in [0.3, 0.4) is 0 Å². The van der Waals surface area contributed by atoms with Crippen molar-refractivity contribution >= 4 is 11.7 Å². The van der Waals surface area contributed by atoms with E-state index in [1.54, 1.807) is 19.1 Å². The molecule has 0 N–H and O–H groups in total. The number of ether oxygens (including phenoxy) is 2. The van der Waals surface area contributed by atoms with Crippen molar-refractivity contribution in [1.82, 2.24) is 4.98 Å². The molecule has 0 spiro atoms. The molecule has 1 heterocycles. The second-order valence-electron chi connectivity index (χ2n) is 7.17. The summed E-state index contributed by atoms with van der Waals surface area (Å²) in [5.41, 5.74) is 4.52. The van der Waals surface area contributed by atoms with E-state index in [1.165, 1.54) is 5.56 Å². The number of aryl methyl sites for hydroxylation is 2. The molecule has 0 saturated carbocycles. The van der Waals surface area contributed by atoms with Crippen LogP contribution in [0.5, 0.6) is 5.75 Å². The van der Waals surface area contributed by atoms with E-state index in [0.717, 1.165) is 16.8 Å². The zero-order valence-electron chi connectivity index (χ0n) is 18.9. The molecule has 0 radical (unpaired) electrons. The van der Waals surface area contributed by atoms with Crippen LogP contribution >= 0.6 is 0 Å². The van der Waals surface area contributed by atoms with Crippen molar-refractivity contribution < 1.29 is 23.5 Å². The van der Waals surface area contributed by atoms with E-state index in [2.05, 4.69) is 10.1 Å². The number of carbonyl (C=O) groups is 1. The molecule has 0 amide bonds. The van der Waals surface area contributed by atoms with Crippen molar-refractivity contribution in [3.05, 3.63) is 71.1 Å². The SMILES string of the molecule is CCOC(=O)COc1ccc(/C(CC)=N/OCc2nc(-c3ccc(C)cc3)oc2C)cc1. The average Bonchev–Trinajstić information content (AvgIpc) is 3.17. The molecule has 0 aliphatic carbocycles. The van der Waals surface area contributed by atoms with Crippen molar-refractivity contribution in [1.29, 1.82) is 0 Å². The maximum absolute atomic E-state index is 11.4. The molecule has 0 unspecified atom stereocenters. The van der Waals surface area contributed by atoms with Crippen LogP contribution in [0, 0.1) is 13.8 Å². The van der Waals surface area contributed by atoms with Crippen LogP contribution in [0.1, 0.15) is 42.8 Å². The van der Waals surface area contributed by atoms with Crippen LogP contribution in [0.25, 0.3) is 11.5 Å². The third kappa shape index (κ3) is 6.20. The molecular formula is C25H28N2O5. The Labute approximate surface area is 188 Å². The van der Waals surface area contributed by atoms with Crippen LogP contribution in [-0.2, 0) is 21.0 Å². The molecule has 7 nitrogen and oxygen atoms in total. The largest absolute Gasteiger partial charge is 0.482 e. The van der Waals surface area contributed by atoms with Gasteiger partial charge in [-0.1, -0.05) is 29.8 Å². The zero-order valence-corrected chi connectivity index (χ0v) is 18.9. The van der Waals surface area contributed by atoms with Crippen LogP contribution in [0.15, 0.2) is 58.1 Å². The number of hydrogen-bond donors (Lipinski definition) is 0. The summed E-state index contributed by atoms with van der Waals surface area (Å²) >= 11 is 0. The first-order valence-electron chi connectivity index (χ1n) is 10.6. The van der Waals surface area contributed by atoms with Gasteiger partial charge in [0.25, 0.3) is 0 Å². The maximum atomic E-state index is 11.4. The molecule has 2 aromatic carbocycles. The third-order valence-electron chi connectivity index (χ3n) is 4.75. The van der Waals surface area contributed by atoms with Gasteiger partial charge in [0.15, 0.2) is 13.2 Å². The molecule has 7 heteroatoms. The lowest BCUT2D eigenvalue weighted by molar-refractivity contribution is -0.145. The number of carbonyl (C=O) groups excluding carboxylic acids is 1. The van der Waals surface area contributed by atoms with Crippen molar-refractivity contribution in [2.24, 2.45) is 5.16 Å². The standard InChI is InChI=1S/C25H28N2O5/c1-5-22(19-11-13-21(14-12-19)30-16-24(28)29-6-2)27-31-15-23-18(4)32-25(26-23)20-9-7-17(3)8-10-20/h7-14H,5-6,15-16H2,1-4H3/b27-22+. The first-order chi connectivity index (χ1) is 15.5. The summed E-state index contributed by atoms with van der Waals surface area (Å²) in [7, 11) is 0. The van der Waals surface area contributed by atoms with Gasteiger partial charge in [-0.2, -0.15) is 0 Å². The molecule has 0 saturated heterocycles. The Morgan fingerprint density at radius 2 is 1.75 bits per heavy atom. The van der Waals surface area contributed by atoms with Gasteiger partial charge < -0.3 is 18.7 Å². The molecule has 0 aliphatic rings. The number of hydrogen-bond acceptors (Lipinski definition) is 7. The molecule has 0 atom stereocenters. The van der Waals surface area contributed by atoms with Gasteiger partial charge in [-0.3, -0.25) is 0 Å². The van der Waals surface area contributed by atoms with Crippen molar-refractivity contribution in [3.8, 4) is 17.2 Å². The molecular weight excluding hydrogens is 408 g/mol. The second-order valence-corrected chi connectivity index (χ2v) is 7.17. The Bertz CT molecular complexity index is 1050. The van der Waals surface area contributed by atoms with Crippen molar-refractivity contribution in [2.75, 3.05) is 13.2 Å². The Balaban J connectivity index is 1.60. The number of aromatic nitrogens is 1. The van der Waals surface area contributed by atoms with E-state index < -0.39 is 5.97 Å². The van der Waals surface area contributed by atoms with Gasteiger partial charge in [-0.15, -0.1) is 0 Å². The van der Waals surface area contributed by atoms with Crippen LogP contribution in [-0.4, -0.2) is 29.9 Å². The van der Waals surface area contributed by atoms with E-state index in [4.69, 9.17) is 18.7 Å². The fourth-order valence-corrected chi connectivity index (χ4v) is 2.96. The number of rotatable bonds is 10. The summed E-state index contributed by atoms with van der Waals surface area (Å²) < 4.78 is 16.1. The molecule has 1 aromatic heterocycles. The smallest absolute Gasteiger partial charge is 0.344 e. The molecule has 0 aliphatic heterocycles. The number of esters is 1. The quantitative estimate of drug-likeness (QED) is 0.246. The minimum atomic E-state index is -0.394. The number of oxime groups is 1. The molecule has 168 valence electrons. The Morgan fingerprint density at radius 1 is 1.03 bits per heavy atom. The normalized spacial score (nSPS) is 11.3. The van der Waals surface area contributed by atoms with Crippen molar-refractivity contribution in [2.45, 2.75) is 40.7 Å². The zero-order chi connectivity index (χ0) is 22.9. The van der Waals surface area contributed by atoms with Gasteiger partial charge in [-0.25, -0.2) is 9.78 Å². The lowest BCUT2D eigenvalue weighted by Crippen LogP contribution is -2.14. The van der Waals surface area contributed by atoms with Gasteiger partial charge in [0.05, 0.1) is 12.3 Å². The molecule has 32 heavy (non-hydrogen) atoms. The summed E-state index contributed by atoms with van der Waals surface area (Å²) in [6.07, 6.45) is 0.690. The second kappa shape index (κ2) is 11.1. The van der Waals surface area contributed by atoms with E-state index in [-0.39, 0.29) is 13.2 Å². The van der Waals surface area contributed by atoms with E-state index in [9.17, 15) is 4.79 Å². The van der Waals surface area contributed by atoms with E-state index in [0.29, 0.717) is 36.1 Å². The van der Waals surface area contributed by atoms with Gasteiger partial charge in [0.1, 0.15) is 17.2 Å². The summed E-state index contributed by atoms with van der Waals surface area (Å²) in [5, 5.41) is 4.29. The Hall–Kier alpha value is -3.61. The predicted molar refractivity (Wildman–Crippen MR) is 122 cm³/mol. The van der Waals surface area contributed by atoms with E-state index >= 15 is 0 Å². The Morgan fingerprint density at radius 3 is 2.41 bits per heavy atom. The fraction of sp³-hybridized carbons (Fsp3) is 0.320. The molecule has 3 aromatic rings. The highest BCUT2D eigenvalue weighted by molar-refractivity contribution is 6.00. The summed E-state index contributed by atoms with van der Waals surface area (Å²) in [6.45, 7) is 8.09. The summed E-state index contributed by atoms with van der Waals surface area (Å²) in [4.78, 5) is 21.5.